The Labute approximate surface area is 801 Å². The van der Waals surface area contributed by atoms with E-state index >= 15 is 0 Å². The van der Waals surface area contributed by atoms with Gasteiger partial charge in [-0.15, -0.1) is 0 Å². The average molecular weight is 1750 g/mol. The van der Waals surface area contributed by atoms with Crippen LogP contribution in [0.5, 0.6) is 0 Å². The lowest BCUT2D eigenvalue weighted by molar-refractivity contribution is -0.660. The molecule has 2 fully saturated rings. The number of aryl methyl sites for hydroxylation is 10. The Bertz CT molecular complexity index is 7600. The summed E-state index contributed by atoms with van der Waals surface area (Å²) in [5.74, 6) is -1.15. The van der Waals surface area contributed by atoms with Gasteiger partial charge in [0, 0.05) is 77.0 Å². The molecule has 133 heavy (non-hydrogen) atoms. The molecule has 0 aliphatic heterocycles. The molecule has 0 spiro atoms. The van der Waals surface area contributed by atoms with Crippen LogP contribution in [0.2, 0.25) is 0 Å². The quantitative estimate of drug-likeness (QED) is 0.0857. The van der Waals surface area contributed by atoms with Crippen molar-refractivity contribution in [1.82, 2.24) is 0 Å². The van der Waals surface area contributed by atoms with Gasteiger partial charge in [-0.3, -0.25) is 0 Å². The first kappa shape index (κ1) is 84.0. The lowest BCUT2D eigenvalue weighted by Crippen LogP contribution is -2.32. The second-order valence-corrected chi connectivity index (χ2v) is 38.7. The summed E-state index contributed by atoms with van der Waals surface area (Å²) < 4.78 is 58.7. The van der Waals surface area contributed by atoms with Crippen LogP contribution in [0, 0.1) is 41.5 Å². The number of benzene rings is 14. The molecular formula is C129H134N4+4. The van der Waals surface area contributed by atoms with Crippen LogP contribution in [0.4, 0.5) is 0 Å². The molecule has 20 rings (SSSR count). The highest BCUT2D eigenvalue weighted by molar-refractivity contribution is 5.95. The van der Waals surface area contributed by atoms with E-state index in [1.54, 1.807) is 0 Å². The SMILES string of the molecule is Cc1c[n+](C)c(-c2ccccc2C)cc1-c1ccc2cc(-c3ccc(C4CCCCC4)cc3)ccc2c1.Cc1ccccc1-c1cc(-c2ccc3cc(-c4ccc(C5CCCC5)cc4)ccc3c2)c(C(C)C)c[n+]1C.[2H]C(C)(C)c1ccc2cc(-c3cc(-c4ccccc4C)[n+](C)cc3C([2H])(C)C)ccc2c1.[2H]C([2H])([2H])C([2H])(C)c1c[n+](C)c(-c2ccccc2C)cc1-c1ccc2cc(C)ccc2c1. The third-order valence-electron chi connectivity index (χ3n) is 28.3. The highest BCUT2D eigenvalue weighted by Crippen LogP contribution is 2.43. The Balaban J connectivity index is 0.000000128. The summed E-state index contributed by atoms with van der Waals surface area (Å²) in [6.07, 6.45) is 20.8. The van der Waals surface area contributed by atoms with E-state index in [2.05, 4.69) is 400 Å². The van der Waals surface area contributed by atoms with E-state index in [9.17, 15) is 0 Å². The van der Waals surface area contributed by atoms with Crippen molar-refractivity contribution in [2.24, 2.45) is 28.2 Å². The predicted octanol–water partition coefficient (Wildman–Crippen LogP) is 33.4. The zero-order valence-electron chi connectivity index (χ0n) is 87.2. The van der Waals surface area contributed by atoms with Crippen molar-refractivity contribution in [3.63, 3.8) is 0 Å². The number of fused-ring (bicyclic) bond motifs is 4. The lowest BCUT2D eigenvalue weighted by atomic mass is 9.83. The first-order chi connectivity index (χ1) is 66.5. The maximum absolute atomic E-state index is 8.84. The van der Waals surface area contributed by atoms with Crippen LogP contribution in [0.1, 0.15) is 224 Å². The second kappa shape index (κ2) is 40.4. The molecule has 4 aromatic heterocycles. The van der Waals surface area contributed by atoms with Crippen LogP contribution in [0.3, 0.4) is 0 Å². The number of rotatable bonds is 16. The lowest BCUT2D eigenvalue weighted by Gasteiger charge is -2.22. The largest absolute Gasteiger partial charge is 0.213 e. The van der Waals surface area contributed by atoms with Gasteiger partial charge in [0.15, 0.2) is 24.8 Å². The first-order valence-corrected chi connectivity index (χ1v) is 48.2. The van der Waals surface area contributed by atoms with E-state index in [-0.39, 0.29) is 0 Å². The predicted molar refractivity (Wildman–Crippen MR) is 567 cm³/mol. The van der Waals surface area contributed by atoms with Gasteiger partial charge in [-0.05, 0) is 312 Å². The van der Waals surface area contributed by atoms with Crippen LogP contribution < -0.4 is 18.3 Å². The Morgan fingerprint density at radius 3 is 0.910 bits per heavy atom. The van der Waals surface area contributed by atoms with E-state index in [1.807, 2.05) is 69.8 Å². The Morgan fingerprint density at radius 2 is 0.541 bits per heavy atom. The van der Waals surface area contributed by atoms with Gasteiger partial charge in [0.25, 0.3) is 0 Å². The molecule has 0 N–H and O–H groups in total. The molecule has 2 aliphatic carbocycles. The normalized spacial score (nSPS) is 14.3. The fraction of sp³-hybridized carbons (Fsp3) is 0.256. The van der Waals surface area contributed by atoms with Crippen LogP contribution in [0.15, 0.2) is 340 Å². The van der Waals surface area contributed by atoms with E-state index in [0.29, 0.717) is 11.5 Å². The minimum Gasteiger partial charge on any atom is -0.201 e. The zero-order chi connectivity index (χ0) is 98.1. The van der Waals surface area contributed by atoms with Crippen molar-refractivity contribution in [3.8, 4) is 112 Å². The third kappa shape index (κ3) is 20.4. The standard InChI is InChI=1S/C37H38N.C36H36N.C29H32N.C27H28N/c1-25(2)36-24-38(4)37(34-12-8-5-9-26(34)3)23-35(36)33-20-19-31-21-30(17-18-32(31)22-33)29-15-13-28(14-16-29)27-10-6-7-11-27;1-25-9-7-8-12-34(25)36-23-35(26(2)24-37(36)3)33-20-19-31-21-30(17-18-32(31)22-33)29-15-13-28(14-16-29)27-10-5-4-6-11-27;1-19(2)22-11-12-24-16-25(14-13-23(24)15-22)27-17-29(26-10-8-7-9-21(26)5)30(6)18-28(27)20(3)4;1-18(2)26-17-28(5)27(24-9-7-6-8-20(24)4)16-25(26)23-13-12-21-14-19(3)10-11-22(21)15-23/h5,8-9,12-25,27H,6-7,10-11H2,1-4H3;7-9,12-24,27H,4-6,10-11H2,1-3H3;7-20H,1-6H3;6-18H,1-5H3/q4*+1/i;;19D,20D;1D3,18D. The van der Waals surface area contributed by atoms with Crippen molar-refractivity contribution in [1.29, 1.82) is 0 Å². The molecule has 4 nitrogen and oxygen atoms in total. The van der Waals surface area contributed by atoms with Crippen molar-refractivity contribution >= 4 is 43.1 Å². The Kier molecular flexibility index (Phi) is 25.5. The molecule has 0 radical (unpaired) electrons. The molecule has 1 unspecified atom stereocenters. The zero-order valence-corrected chi connectivity index (χ0v) is 81.2. The van der Waals surface area contributed by atoms with Crippen molar-refractivity contribution in [2.45, 2.75) is 190 Å². The van der Waals surface area contributed by atoms with Gasteiger partial charge in [-0.25, -0.2) is 18.3 Å². The minimum atomic E-state index is -2.47. The molecule has 18 aromatic rings. The highest BCUT2D eigenvalue weighted by atomic mass is 14.9. The van der Waals surface area contributed by atoms with Crippen LogP contribution in [-0.2, 0) is 28.2 Å². The van der Waals surface area contributed by atoms with Gasteiger partial charge in [0.05, 0.1) is 0 Å². The molecule has 14 aromatic carbocycles. The van der Waals surface area contributed by atoms with Crippen LogP contribution in [-0.4, -0.2) is 0 Å². The monoisotopic (exact) mass is 1750 g/mol. The first-order valence-electron chi connectivity index (χ1n) is 51.2. The van der Waals surface area contributed by atoms with Gasteiger partial charge in [-0.1, -0.05) is 324 Å². The number of pyridine rings is 4. The Hall–Kier alpha value is -13.3. The molecule has 0 amide bonds. The van der Waals surface area contributed by atoms with Crippen molar-refractivity contribution in [3.05, 3.63) is 407 Å². The molecule has 666 valence electrons. The molecule has 2 saturated carbocycles. The van der Waals surface area contributed by atoms with E-state index in [4.69, 9.17) is 8.22 Å². The summed E-state index contributed by atoms with van der Waals surface area (Å²) in [4.78, 5) is 0. The van der Waals surface area contributed by atoms with E-state index in [1.165, 1.54) is 203 Å². The molecular weight excluding hydrogens is 1610 g/mol. The number of hydrogen-bond donors (Lipinski definition) is 0. The third-order valence-corrected chi connectivity index (χ3v) is 28.3. The fourth-order valence-electron chi connectivity index (χ4n) is 20.5. The van der Waals surface area contributed by atoms with Crippen LogP contribution >= 0.6 is 0 Å². The number of hydrogen-bond acceptors (Lipinski definition) is 0. The number of nitrogens with zero attached hydrogens (tertiary/aromatic N) is 4. The van der Waals surface area contributed by atoms with Gasteiger partial charge in [0.2, 0.25) is 22.8 Å². The van der Waals surface area contributed by atoms with Crippen molar-refractivity contribution in [2.75, 3.05) is 0 Å². The van der Waals surface area contributed by atoms with Gasteiger partial charge < -0.3 is 0 Å². The Morgan fingerprint density at radius 1 is 0.248 bits per heavy atom. The van der Waals surface area contributed by atoms with Crippen LogP contribution in [0.25, 0.3) is 155 Å². The molecule has 0 saturated heterocycles. The van der Waals surface area contributed by atoms with Gasteiger partial charge in [-0.2, -0.15) is 0 Å². The average Bonchev–Trinajstić information content (AvgIpc) is 0.881. The van der Waals surface area contributed by atoms with E-state index < -0.39 is 24.5 Å². The van der Waals surface area contributed by atoms with Gasteiger partial charge in [0.1, 0.15) is 28.2 Å². The smallest absolute Gasteiger partial charge is 0.201 e. The summed E-state index contributed by atoms with van der Waals surface area (Å²) >= 11 is 0. The minimum absolute atomic E-state index is 0.437. The number of aromatic nitrogens is 4. The van der Waals surface area contributed by atoms with E-state index in [0.717, 1.165) is 89.3 Å². The molecule has 4 heterocycles. The molecule has 4 heteroatoms. The summed E-state index contributed by atoms with van der Waals surface area (Å²) in [6, 6.07) is 115. The molecule has 1 atom stereocenters. The second-order valence-electron chi connectivity index (χ2n) is 38.7. The fourth-order valence-corrected chi connectivity index (χ4v) is 20.5. The molecule has 2 aliphatic rings. The molecule has 0 bridgehead atoms. The maximum atomic E-state index is 8.84. The summed E-state index contributed by atoms with van der Waals surface area (Å²) in [7, 11) is 8.28. The highest BCUT2D eigenvalue weighted by Gasteiger charge is 2.27. The summed E-state index contributed by atoms with van der Waals surface area (Å²) in [5, 5.41) is 9.66. The van der Waals surface area contributed by atoms with Gasteiger partial charge >= 0.3 is 0 Å². The topological polar surface area (TPSA) is 15.5 Å². The summed E-state index contributed by atoms with van der Waals surface area (Å²) in [6.45, 7) is 24.2. The maximum Gasteiger partial charge on any atom is 0.213 e. The van der Waals surface area contributed by atoms with Crippen molar-refractivity contribution < 1.29 is 26.5 Å². The summed E-state index contributed by atoms with van der Waals surface area (Å²) in [5.41, 5.74) is 38.1.